The Kier molecular flexibility index (Phi) is 4.83. The monoisotopic (exact) mass is 446 g/mol. The van der Waals surface area contributed by atoms with Crippen LogP contribution in [0.15, 0.2) is 6.07 Å². The first-order valence-electron chi connectivity index (χ1n) is 11.5. The number of hydrogen-bond donors (Lipinski definition) is 0. The second-order valence-corrected chi connectivity index (χ2v) is 10.1. The number of piperidine rings is 1. The van der Waals surface area contributed by atoms with Crippen LogP contribution in [0.25, 0.3) is 11.0 Å². The summed E-state index contributed by atoms with van der Waals surface area (Å²) < 4.78 is 13.5. The van der Waals surface area contributed by atoms with Gasteiger partial charge in [-0.15, -0.1) is 0 Å². The normalized spacial score (nSPS) is 28.7. The minimum atomic E-state index is 0.246. The lowest BCUT2D eigenvalue weighted by atomic mass is 9.87. The van der Waals surface area contributed by atoms with Crippen molar-refractivity contribution in [1.29, 1.82) is 0 Å². The fraction of sp³-hybridized carbons (Fsp3) is 0.727. The summed E-state index contributed by atoms with van der Waals surface area (Å²) in [5.41, 5.74) is 2.25. The molecule has 2 aromatic heterocycles. The van der Waals surface area contributed by atoms with Gasteiger partial charge in [0.2, 0.25) is 5.95 Å². The molecule has 0 radical (unpaired) electrons. The number of imidazole rings is 1. The van der Waals surface area contributed by atoms with Crippen LogP contribution in [0.2, 0.25) is 5.15 Å². The Balaban J connectivity index is 1.28. The SMILES string of the molecule is Cn1c(N2CCC(C)(N3CCOCC3)CC2)nc2c(N3C[C@H]4C[C@@H]3CO4)nc(Cl)cc21. The van der Waals surface area contributed by atoms with E-state index in [1.54, 1.807) is 0 Å². The Morgan fingerprint density at radius 3 is 2.58 bits per heavy atom. The van der Waals surface area contributed by atoms with Crippen molar-refractivity contribution in [2.24, 2.45) is 7.05 Å². The highest BCUT2D eigenvalue weighted by molar-refractivity contribution is 6.30. The molecule has 2 bridgehead atoms. The van der Waals surface area contributed by atoms with Crippen molar-refractivity contribution in [2.45, 2.75) is 43.9 Å². The third kappa shape index (κ3) is 3.30. The first-order chi connectivity index (χ1) is 15.0. The van der Waals surface area contributed by atoms with E-state index < -0.39 is 0 Å². The average molecular weight is 447 g/mol. The van der Waals surface area contributed by atoms with Gasteiger partial charge in [0, 0.05) is 51.4 Å². The zero-order valence-corrected chi connectivity index (χ0v) is 19.1. The van der Waals surface area contributed by atoms with Crippen molar-refractivity contribution in [3.8, 4) is 0 Å². The highest BCUT2D eigenvalue weighted by Gasteiger charge is 2.41. The van der Waals surface area contributed by atoms with Crippen LogP contribution in [-0.2, 0) is 16.5 Å². The fourth-order valence-corrected chi connectivity index (χ4v) is 6.06. The van der Waals surface area contributed by atoms with Crippen LogP contribution in [-0.4, -0.2) is 89.7 Å². The van der Waals surface area contributed by atoms with Gasteiger partial charge >= 0.3 is 0 Å². The van der Waals surface area contributed by atoms with Crippen molar-refractivity contribution < 1.29 is 9.47 Å². The number of aromatic nitrogens is 3. The van der Waals surface area contributed by atoms with Crippen LogP contribution in [0.4, 0.5) is 11.8 Å². The van der Waals surface area contributed by atoms with Gasteiger partial charge in [-0.25, -0.2) is 9.97 Å². The number of morpholine rings is 2. The number of rotatable bonds is 3. The number of pyridine rings is 1. The lowest BCUT2D eigenvalue weighted by molar-refractivity contribution is -0.0249. The maximum absolute atomic E-state index is 6.46. The molecule has 0 spiro atoms. The van der Waals surface area contributed by atoms with Gasteiger partial charge in [-0.3, -0.25) is 4.90 Å². The number of hydrogen-bond acceptors (Lipinski definition) is 7. The summed E-state index contributed by atoms with van der Waals surface area (Å²) in [5, 5.41) is 0.527. The summed E-state index contributed by atoms with van der Waals surface area (Å²) in [6, 6.07) is 2.33. The molecule has 168 valence electrons. The molecule has 6 rings (SSSR count). The Morgan fingerprint density at radius 2 is 1.90 bits per heavy atom. The molecule has 0 N–H and O–H groups in total. The number of halogens is 1. The van der Waals surface area contributed by atoms with Gasteiger partial charge in [-0.2, -0.15) is 0 Å². The molecule has 8 nitrogen and oxygen atoms in total. The molecular weight excluding hydrogens is 416 g/mol. The van der Waals surface area contributed by atoms with Gasteiger partial charge in [0.1, 0.15) is 10.7 Å². The second kappa shape index (κ2) is 7.47. The summed E-state index contributed by atoms with van der Waals surface area (Å²) in [4.78, 5) is 17.2. The topological polar surface area (TPSA) is 58.9 Å². The molecule has 0 aliphatic carbocycles. The summed E-state index contributed by atoms with van der Waals surface area (Å²) >= 11 is 6.46. The van der Waals surface area contributed by atoms with E-state index in [0.29, 0.717) is 17.3 Å². The molecule has 9 heteroatoms. The first kappa shape index (κ1) is 20.0. The highest BCUT2D eigenvalue weighted by atomic mass is 35.5. The number of fused-ring (bicyclic) bond motifs is 3. The second-order valence-electron chi connectivity index (χ2n) is 9.69. The summed E-state index contributed by atoms with van der Waals surface area (Å²) in [5.74, 6) is 1.93. The van der Waals surface area contributed by atoms with Gasteiger partial charge < -0.3 is 23.8 Å². The van der Waals surface area contributed by atoms with Gasteiger partial charge in [-0.05, 0) is 26.2 Å². The van der Waals surface area contributed by atoms with Crippen molar-refractivity contribution in [3.05, 3.63) is 11.2 Å². The average Bonchev–Trinajstić information content (AvgIpc) is 3.50. The Morgan fingerprint density at radius 1 is 1.13 bits per heavy atom. The quantitative estimate of drug-likeness (QED) is 0.670. The molecule has 4 fully saturated rings. The molecule has 4 aliphatic heterocycles. The smallest absolute Gasteiger partial charge is 0.206 e. The molecule has 0 amide bonds. The van der Waals surface area contributed by atoms with Gasteiger partial charge in [0.25, 0.3) is 0 Å². The molecule has 31 heavy (non-hydrogen) atoms. The van der Waals surface area contributed by atoms with E-state index in [0.717, 1.165) is 94.6 Å². The Labute approximate surface area is 188 Å². The third-order valence-electron chi connectivity index (χ3n) is 7.87. The predicted molar refractivity (Wildman–Crippen MR) is 121 cm³/mol. The van der Waals surface area contributed by atoms with Crippen LogP contribution in [0.5, 0.6) is 0 Å². The van der Waals surface area contributed by atoms with Gasteiger partial charge in [-0.1, -0.05) is 11.6 Å². The maximum atomic E-state index is 6.46. The number of anilines is 2. The minimum Gasteiger partial charge on any atom is -0.379 e. The lowest BCUT2D eigenvalue weighted by Crippen LogP contribution is -2.57. The van der Waals surface area contributed by atoms with Crippen molar-refractivity contribution in [1.82, 2.24) is 19.4 Å². The molecule has 0 aromatic carbocycles. The van der Waals surface area contributed by atoms with Gasteiger partial charge in [0.15, 0.2) is 5.82 Å². The van der Waals surface area contributed by atoms with E-state index in [-0.39, 0.29) is 5.54 Å². The van der Waals surface area contributed by atoms with Crippen molar-refractivity contribution >= 4 is 34.4 Å². The maximum Gasteiger partial charge on any atom is 0.206 e. The van der Waals surface area contributed by atoms with Crippen molar-refractivity contribution in [3.63, 3.8) is 0 Å². The summed E-state index contributed by atoms with van der Waals surface area (Å²) in [6.07, 6.45) is 3.65. The zero-order chi connectivity index (χ0) is 21.2. The standard InChI is InChI=1S/C22H31ClN6O2/c1-22(28-7-9-30-10-8-28)3-5-27(6-4-22)21-25-19-17(26(21)2)12-18(23)24-20(19)29-13-16-11-15(29)14-31-16/h12,15-16H,3-11,13-14H2,1-2H3/t15-,16-/m1/s1. The van der Waals surface area contributed by atoms with Crippen LogP contribution < -0.4 is 9.80 Å². The Bertz CT molecular complexity index is 982. The van der Waals surface area contributed by atoms with E-state index in [9.17, 15) is 0 Å². The number of ether oxygens (including phenoxy) is 2. The molecular formula is C22H31ClN6O2. The highest BCUT2D eigenvalue weighted by Crippen LogP contribution is 2.38. The zero-order valence-electron chi connectivity index (χ0n) is 18.4. The molecule has 2 aromatic rings. The summed E-state index contributed by atoms with van der Waals surface area (Å²) in [6.45, 7) is 9.85. The van der Waals surface area contributed by atoms with Crippen molar-refractivity contribution in [2.75, 3.05) is 62.3 Å². The Hall–Kier alpha value is -1.61. The molecule has 0 unspecified atom stereocenters. The molecule has 6 heterocycles. The third-order valence-corrected chi connectivity index (χ3v) is 8.06. The minimum absolute atomic E-state index is 0.246. The first-order valence-corrected chi connectivity index (χ1v) is 11.9. The molecule has 4 saturated heterocycles. The van der Waals surface area contributed by atoms with E-state index in [4.69, 9.17) is 31.0 Å². The molecule has 2 atom stereocenters. The fourth-order valence-electron chi connectivity index (χ4n) is 5.88. The van der Waals surface area contributed by atoms with Crippen LogP contribution in [0.1, 0.15) is 26.2 Å². The van der Waals surface area contributed by atoms with Crippen LogP contribution >= 0.6 is 11.6 Å². The van der Waals surface area contributed by atoms with Crippen LogP contribution in [0.3, 0.4) is 0 Å². The van der Waals surface area contributed by atoms with E-state index in [1.807, 2.05) is 6.07 Å². The van der Waals surface area contributed by atoms with E-state index >= 15 is 0 Å². The molecule has 0 saturated carbocycles. The lowest BCUT2D eigenvalue weighted by Gasteiger charge is -2.48. The molecule has 4 aliphatic rings. The van der Waals surface area contributed by atoms with E-state index in [1.165, 1.54) is 0 Å². The number of aryl methyl sites for hydroxylation is 1. The van der Waals surface area contributed by atoms with E-state index in [2.05, 4.69) is 33.2 Å². The largest absolute Gasteiger partial charge is 0.379 e. The number of nitrogens with zero attached hydrogens (tertiary/aromatic N) is 6. The summed E-state index contributed by atoms with van der Waals surface area (Å²) in [7, 11) is 2.10. The van der Waals surface area contributed by atoms with Gasteiger partial charge in [0.05, 0.1) is 37.5 Å². The van der Waals surface area contributed by atoms with Crippen LogP contribution in [0, 0.1) is 0 Å². The predicted octanol–water partition coefficient (Wildman–Crippen LogP) is 2.29.